The Bertz CT molecular complexity index is 1230. The lowest BCUT2D eigenvalue weighted by molar-refractivity contribution is 0.0946. The number of amides is 1. The Kier molecular flexibility index (Phi) is 6.37. The normalized spacial score (nSPS) is 11.0. The Morgan fingerprint density at radius 2 is 1.74 bits per heavy atom. The van der Waals surface area contributed by atoms with E-state index in [1.807, 2.05) is 48.1 Å². The number of aromatic nitrogens is 3. The molecule has 1 amide bonds. The summed E-state index contributed by atoms with van der Waals surface area (Å²) in [5, 5.41) is 9.42. The molecule has 4 rings (SSSR count). The molecule has 0 fully saturated rings. The summed E-state index contributed by atoms with van der Waals surface area (Å²) in [6.45, 7) is 0.422. The third kappa shape index (κ3) is 4.79. The first kappa shape index (κ1) is 21.5. The first-order valence-corrected chi connectivity index (χ1v) is 10.8. The number of hydrogen-bond donors (Lipinski definition) is 1. The summed E-state index contributed by atoms with van der Waals surface area (Å²) in [5.41, 5.74) is 3.71. The van der Waals surface area contributed by atoms with Gasteiger partial charge in [0.05, 0.1) is 11.4 Å². The van der Waals surface area contributed by atoms with Gasteiger partial charge in [-0.2, -0.15) is 5.10 Å². The number of benzene rings is 2. The van der Waals surface area contributed by atoms with E-state index in [4.69, 9.17) is 34.8 Å². The number of carbonyl (C=O) groups excluding carboxylic acids is 1. The molecule has 2 aromatic heterocycles. The zero-order valence-corrected chi connectivity index (χ0v) is 18.9. The first-order valence-electron chi connectivity index (χ1n) is 9.62. The second-order valence-electron chi connectivity index (χ2n) is 7.05. The fourth-order valence-electron chi connectivity index (χ4n) is 3.30. The van der Waals surface area contributed by atoms with Crippen LogP contribution in [0.4, 0.5) is 0 Å². The van der Waals surface area contributed by atoms with E-state index in [2.05, 4.69) is 10.4 Å². The summed E-state index contributed by atoms with van der Waals surface area (Å²) in [6, 6.07) is 18.2. The van der Waals surface area contributed by atoms with Crippen LogP contribution < -0.4 is 5.32 Å². The van der Waals surface area contributed by atoms with Crippen LogP contribution in [0.2, 0.25) is 15.1 Å². The Labute approximate surface area is 195 Å². The molecule has 1 N–H and O–H groups in total. The van der Waals surface area contributed by atoms with Gasteiger partial charge in [0.15, 0.2) is 0 Å². The molecule has 5 nitrogen and oxygen atoms in total. The quantitative estimate of drug-likeness (QED) is 0.384. The summed E-state index contributed by atoms with van der Waals surface area (Å²) in [5.74, 6) is -0.229. The summed E-state index contributed by atoms with van der Waals surface area (Å²) < 4.78 is 3.59. The molecule has 0 unspecified atom stereocenters. The van der Waals surface area contributed by atoms with E-state index in [1.54, 1.807) is 35.0 Å². The van der Waals surface area contributed by atoms with Crippen LogP contribution in [0.1, 0.15) is 16.1 Å². The first-order chi connectivity index (χ1) is 14.9. The average molecular weight is 474 g/mol. The molecule has 0 spiro atoms. The van der Waals surface area contributed by atoms with E-state index in [0.29, 0.717) is 39.4 Å². The molecule has 31 heavy (non-hydrogen) atoms. The van der Waals surface area contributed by atoms with Crippen LogP contribution in [-0.4, -0.2) is 26.8 Å². The van der Waals surface area contributed by atoms with Gasteiger partial charge in [0.1, 0.15) is 11.4 Å². The number of halogens is 3. The molecule has 0 saturated heterocycles. The van der Waals surface area contributed by atoms with Crippen molar-refractivity contribution in [3.8, 4) is 17.1 Å². The zero-order valence-electron chi connectivity index (χ0n) is 16.6. The van der Waals surface area contributed by atoms with Crippen molar-refractivity contribution >= 4 is 40.7 Å². The van der Waals surface area contributed by atoms with Crippen LogP contribution in [0.5, 0.6) is 0 Å². The highest BCUT2D eigenvalue weighted by atomic mass is 35.5. The third-order valence-electron chi connectivity index (χ3n) is 4.91. The third-order valence-corrected chi connectivity index (χ3v) is 5.75. The predicted octanol–water partition coefficient (Wildman–Crippen LogP) is 5.81. The van der Waals surface area contributed by atoms with Crippen LogP contribution >= 0.6 is 34.8 Å². The summed E-state index contributed by atoms with van der Waals surface area (Å²) in [7, 11) is 1.94. The minimum atomic E-state index is -0.229. The van der Waals surface area contributed by atoms with Crippen molar-refractivity contribution in [3.05, 3.63) is 93.2 Å². The van der Waals surface area contributed by atoms with E-state index < -0.39 is 0 Å². The van der Waals surface area contributed by atoms with Crippen LogP contribution in [-0.2, 0) is 13.5 Å². The molecule has 0 aliphatic rings. The topological polar surface area (TPSA) is 51.9 Å². The van der Waals surface area contributed by atoms with Crippen molar-refractivity contribution in [2.45, 2.75) is 6.42 Å². The van der Waals surface area contributed by atoms with Gasteiger partial charge in [-0.05, 0) is 66.6 Å². The lowest BCUT2D eigenvalue weighted by Gasteiger charge is -2.09. The maximum atomic E-state index is 13.0. The lowest BCUT2D eigenvalue weighted by atomic mass is 10.1. The maximum Gasteiger partial charge on any atom is 0.270 e. The second-order valence-corrected chi connectivity index (χ2v) is 8.33. The highest BCUT2D eigenvalue weighted by Crippen LogP contribution is 2.24. The molecule has 8 heteroatoms. The fourth-order valence-corrected chi connectivity index (χ4v) is 3.93. The SMILES string of the molecule is Cn1cccc1-c1cc(C(=O)NCCc2ccc(Cl)cc2Cl)n(-c2ccc(Cl)cc2)n1. The van der Waals surface area contributed by atoms with E-state index in [0.717, 1.165) is 16.9 Å². The molecule has 0 aliphatic carbocycles. The van der Waals surface area contributed by atoms with E-state index in [1.165, 1.54) is 0 Å². The van der Waals surface area contributed by atoms with Crippen molar-refractivity contribution in [2.75, 3.05) is 6.54 Å². The van der Waals surface area contributed by atoms with Gasteiger partial charge >= 0.3 is 0 Å². The van der Waals surface area contributed by atoms with Gasteiger partial charge < -0.3 is 9.88 Å². The predicted molar refractivity (Wildman–Crippen MR) is 125 cm³/mol. The van der Waals surface area contributed by atoms with Gasteiger partial charge in [-0.15, -0.1) is 0 Å². The van der Waals surface area contributed by atoms with Crippen molar-refractivity contribution < 1.29 is 4.79 Å². The molecule has 158 valence electrons. The van der Waals surface area contributed by atoms with E-state index in [9.17, 15) is 4.79 Å². The molecule has 2 aromatic carbocycles. The van der Waals surface area contributed by atoms with Gasteiger partial charge in [-0.25, -0.2) is 4.68 Å². The highest BCUT2D eigenvalue weighted by molar-refractivity contribution is 6.35. The Morgan fingerprint density at radius 1 is 1.00 bits per heavy atom. The van der Waals surface area contributed by atoms with Crippen molar-refractivity contribution in [2.24, 2.45) is 7.05 Å². The molecule has 0 saturated carbocycles. The summed E-state index contributed by atoms with van der Waals surface area (Å²) >= 11 is 18.2. The van der Waals surface area contributed by atoms with E-state index >= 15 is 0 Å². The van der Waals surface area contributed by atoms with Gasteiger partial charge in [0.25, 0.3) is 5.91 Å². The Balaban J connectivity index is 1.59. The van der Waals surface area contributed by atoms with Crippen LogP contribution in [0.3, 0.4) is 0 Å². The smallest absolute Gasteiger partial charge is 0.270 e. The molecule has 0 aliphatic heterocycles. The summed E-state index contributed by atoms with van der Waals surface area (Å²) in [6.07, 6.45) is 2.52. The van der Waals surface area contributed by atoms with E-state index in [-0.39, 0.29) is 5.91 Å². The minimum Gasteiger partial charge on any atom is -0.350 e. The molecule has 4 aromatic rings. The van der Waals surface area contributed by atoms with Gasteiger partial charge in [0, 0.05) is 34.9 Å². The minimum absolute atomic E-state index is 0.229. The molecule has 0 atom stereocenters. The van der Waals surface area contributed by atoms with Crippen LogP contribution in [0.25, 0.3) is 17.1 Å². The molecule has 0 radical (unpaired) electrons. The molecular weight excluding hydrogens is 455 g/mol. The Morgan fingerprint density at radius 3 is 2.42 bits per heavy atom. The average Bonchev–Trinajstić information content (AvgIpc) is 3.36. The van der Waals surface area contributed by atoms with Crippen molar-refractivity contribution in [3.63, 3.8) is 0 Å². The largest absolute Gasteiger partial charge is 0.350 e. The fraction of sp³-hybridized carbons (Fsp3) is 0.130. The highest BCUT2D eigenvalue weighted by Gasteiger charge is 2.18. The molecular formula is C23H19Cl3N4O. The Hall–Kier alpha value is -2.73. The monoisotopic (exact) mass is 472 g/mol. The van der Waals surface area contributed by atoms with Crippen molar-refractivity contribution in [1.29, 1.82) is 0 Å². The lowest BCUT2D eigenvalue weighted by Crippen LogP contribution is -2.27. The van der Waals surface area contributed by atoms with Crippen molar-refractivity contribution in [1.82, 2.24) is 19.7 Å². The number of nitrogens with zero attached hydrogens (tertiary/aromatic N) is 3. The van der Waals surface area contributed by atoms with Crippen LogP contribution in [0, 0.1) is 0 Å². The number of nitrogens with one attached hydrogen (secondary N) is 1. The standard InChI is InChI=1S/C23H19Cl3N4O/c1-29-12-2-3-21(29)20-14-22(30(28-20)18-8-6-16(24)7-9-18)23(31)27-11-10-15-4-5-17(25)13-19(15)26/h2-9,12-14H,10-11H2,1H3,(H,27,31). The zero-order chi connectivity index (χ0) is 22.0. The maximum absolute atomic E-state index is 13.0. The van der Waals surface area contributed by atoms with Gasteiger partial charge in [0.2, 0.25) is 0 Å². The molecule has 0 bridgehead atoms. The number of carbonyl (C=O) groups is 1. The number of aryl methyl sites for hydroxylation is 1. The van der Waals surface area contributed by atoms with Gasteiger partial charge in [-0.3, -0.25) is 4.79 Å². The second kappa shape index (κ2) is 9.18. The summed E-state index contributed by atoms with van der Waals surface area (Å²) in [4.78, 5) is 13.0. The van der Waals surface area contributed by atoms with Gasteiger partial charge in [-0.1, -0.05) is 40.9 Å². The number of rotatable bonds is 6. The number of hydrogen-bond acceptors (Lipinski definition) is 2. The van der Waals surface area contributed by atoms with Crippen LogP contribution in [0.15, 0.2) is 66.9 Å². The molecule has 2 heterocycles.